The van der Waals surface area contributed by atoms with E-state index in [1.807, 2.05) is 37.4 Å². The summed E-state index contributed by atoms with van der Waals surface area (Å²) in [7, 11) is 3.77. The molecule has 2 heterocycles. The molecule has 2 rings (SSSR count). The number of anilines is 1. The van der Waals surface area contributed by atoms with E-state index >= 15 is 0 Å². The maximum Gasteiger partial charge on any atom is 0.134 e. The number of hydrogen-bond acceptors (Lipinski definition) is 5. The van der Waals surface area contributed by atoms with Crippen LogP contribution in [0.25, 0.3) is 0 Å². The van der Waals surface area contributed by atoms with E-state index in [4.69, 9.17) is 11.5 Å². The predicted molar refractivity (Wildman–Crippen MR) is 60.8 cm³/mol. The minimum atomic E-state index is -0.252. The van der Waals surface area contributed by atoms with Crippen molar-refractivity contribution < 1.29 is 0 Å². The Hall–Kier alpha value is -1.11. The monoisotopic (exact) mass is 212 g/mol. The molecule has 15 heavy (non-hydrogen) atoms. The highest BCUT2D eigenvalue weighted by Crippen LogP contribution is 2.26. The van der Waals surface area contributed by atoms with Crippen molar-refractivity contribution in [1.82, 2.24) is 14.5 Å². The molecule has 0 radical (unpaired) electrons. The van der Waals surface area contributed by atoms with Gasteiger partial charge in [0.15, 0.2) is 0 Å². The molecule has 2 unspecified atom stereocenters. The highest BCUT2D eigenvalue weighted by Gasteiger charge is 2.29. The number of rotatable bonds is 0. The van der Waals surface area contributed by atoms with Crippen molar-refractivity contribution in [3.8, 4) is 0 Å². The van der Waals surface area contributed by atoms with Gasteiger partial charge in [-0.25, -0.2) is 4.98 Å². The van der Waals surface area contributed by atoms with E-state index in [0.29, 0.717) is 0 Å². The van der Waals surface area contributed by atoms with Gasteiger partial charge in [0.05, 0.1) is 6.33 Å². The molecular weight excluding hydrogens is 192 g/mol. The molecule has 1 aliphatic rings. The molecule has 1 aliphatic heterocycles. The van der Waals surface area contributed by atoms with Crippen molar-refractivity contribution in [2.24, 2.45) is 18.5 Å². The van der Waals surface area contributed by atoms with E-state index in [9.17, 15) is 0 Å². The Balaban J connectivity index is 0.000000531. The van der Waals surface area contributed by atoms with Gasteiger partial charge in [0.25, 0.3) is 0 Å². The summed E-state index contributed by atoms with van der Waals surface area (Å²) in [6.07, 6.45) is 1.24. The number of nitrogens with two attached hydrogens (primary N) is 2. The Labute approximate surface area is 90.2 Å². The molecule has 0 fully saturated rings. The van der Waals surface area contributed by atoms with Gasteiger partial charge >= 0.3 is 0 Å². The number of aromatic nitrogens is 2. The second kappa shape index (κ2) is 4.61. The van der Waals surface area contributed by atoms with Crippen molar-refractivity contribution in [2.75, 3.05) is 12.4 Å². The normalized spacial score (nSPS) is 24.9. The molecule has 0 bridgehead atoms. The van der Waals surface area contributed by atoms with Crippen molar-refractivity contribution >= 4 is 5.82 Å². The maximum absolute atomic E-state index is 5.92. The SMILES string of the molecule is CC.CN1C(N)Nc2c(ncn2C)C1N. The van der Waals surface area contributed by atoms with E-state index in [2.05, 4.69) is 10.3 Å². The van der Waals surface area contributed by atoms with E-state index in [-0.39, 0.29) is 12.5 Å². The Bertz CT molecular complexity index is 320. The van der Waals surface area contributed by atoms with Crippen LogP contribution in [0.5, 0.6) is 0 Å². The summed E-state index contributed by atoms with van der Waals surface area (Å²) < 4.78 is 1.88. The van der Waals surface area contributed by atoms with Crippen LogP contribution in [0, 0.1) is 0 Å². The molecule has 0 aromatic carbocycles. The molecule has 0 saturated carbocycles. The fourth-order valence-corrected chi connectivity index (χ4v) is 1.45. The molecule has 5 N–H and O–H groups in total. The summed E-state index contributed by atoms with van der Waals surface area (Å²) in [6.45, 7) is 4.00. The lowest BCUT2D eigenvalue weighted by Gasteiger charge is -2.35. The van der Waals surface area contributed by atoms with Gasteiger partial charge in [0, 0.05) is 7.05 Å². The average molecular weight is 212 g/mol. The van der Waals surface area contributed by atoms with Crippen LogP contribution in [0.15, 0.2) is 6.33 Å². The molecule has 6 nitrogen and oxygen atoms in total. The molecule has 0 saturated heterocycles. The van der Waals surface area contributed by atoms with Crippen molar-refractivity contribution in [1.29, 1.82) is 0 Å². The Morgan fingerprint density at radius 2 is 1.93 bits per heavy atom. The maximum atomic E-state index is 5.92. The van der Waals surface area contributed by atoms with Crippen LogP contribution in [0.3, 0.4) is 0 Å². The highest BCUT2D eigenvalue weighted by atomic mass is 15.4. The van der Waals surface area contributed by atoms with Gasteiger partial charge in [-0.1, -0.05) is 13.8 Å². The van der Waals surface area contributed by atoms with E-state index in [1.165, 1.54) is 0 Å². The number of nitrogens with one attached hydrogen (secondary N) is 1. The number of nitrogens with zero attached hydrogens (tertiary/aromatic N) is 3. The van der Waals surface area contributed by atoms with Gasteiger partial charge in [-0.05, 0) is 7.05 Å². The third-order valence-corrected chi connectivity index (χ3v) is 2.41. The molecule has 0 amide bonds. The van der Waals surface area contributed by atoms with Crippen LogP contribution < -0.4 is 16.8 Å². The van der Waals surface area contributed by atoms with E-state index in [0.717, 1.165) is 11.5 Å². The molecular formula is C9H20N6. The van der Waals surface area contributed by atoms with Gasteiger partial charge in [-0.15, -0.1) is 0 Å². The first-order chi connectivity index (χ1) is 7.11. The summed E-state index contributed by atoms with van der Waals surface area (Å²) in [5, 5.41) is 3.11. The topological polar surface area (TPSA) is 85.1 Å². The van der Waals surface area contributed by atoms with Crippen molar-refractivity contribution in [3.05, 3.63) is 12.0 Å². The van der Waals surface area contributed by atoms with Crippen molar-refractivity contribution in [3.63, 3.8) is 0 Å². The van der Waals surface area contributed by atoms with Crippen LogP contribution in [0.4, 0.5) is 5.82 Å². The van der Waals surface area contributed by atoms with Gasteiger partial charge in [0.2, 0.25) is 0 Å². The van der Waals surface area contributed by atoms with Gasteiger partial charge in [0.1, 0.15) is 24.0 Å². The standard InChI is InChI=1S/C7H14N6.C2H6/c1-12-3-10-4-5(8)13(2)7(9)11-6(4)12;1-2/h3,5,7,11H,8-9H2,1-2H3;1-2H3. The number of fused-ring (bicyclic) bond motifs is 1. The summed E-state index contributed by atoms with van der Waals surface area (Å²) in [5.74, 6) is 0.901. The third-order valence-electron chi connectivity index (χ3n) is 2.41. The quantitative estimate of drug-likeness (QED) is 0.564. The minimum absolute atomic E-state index is 0.229. The summed E-state index contributed by atoms with van der Waals surface area (Å²) in [5.41, 5.74) is 12.6. The Kier molecular flexibility index (Phi) is 3.67. The lowest BCUT2D eigenvalue weighted by Crippen LogP contribution is -2.53. The smallest absolute Gasteiger partial charge is 0.134 e. The second-order valence-electron chi connectivity index (χ2n) is 3.29. The van der Waals surface area contributed by atoms with Crippen LogP contribution in [0.2, 0.25) is 0 Å². The zero-order chi connectivity index (χ0) is 11.6. The second-order valence-corrected chi connectivity index (χ2v) is 3.29. The molecule has 2 atom stereocenters. The first-order valence-electron chi connectivity index (χ1n) is 5.12. The highest BCUT2D eigenvalue weighted by molar-refractivity contribution is 5.46. The van der Waals surface area contributed by atoms with E-state index < -0.39 is 0 Å². The first kappa shape index (κ1) is 12.0. The van der Waals surface area contributed by atoms with Gasteiger partial charge in [-0.2, -0.15) is 0 Å². The molecule has 0 spiro atoms. The lowest BCUT2D eigenvalue weighted by molar-refractivity contribution is 0.184. The van der Waals surface area contributed by atoms with E-state index in [1.54, 1.807) is 6.33 Å². The number of aryl methyl sites for hydroxylation is 1. The van der Waals surface area contributed by atoms with Gasteiger partial charge < -0.3 is 15.6 Å². The lowest BCUT2D eigenvalue weighted by atomic mass is 10.2. The van der Waals surface area contributed by atoms with Gasteiger partial charge in [-0.3, -0.25) is 10.6 Å². The zero-order valence-corrected chi connectivity index (χ0v) is 9.73. The Morgan fingerprint density at radius 1 is 1.33 bits per heavy atom. The summed E-state index contributed by atoms with van der Waals surface area (Å²) in [6, 6.07) is 0. The van der Waals surface area contributed by atoms with Crippen LogP contribution >= 0.6 is 0 Å². The van der Waals surface area contributed by atoms with Crippen LogP contribution in [-0.2, 0) is 7.05 Å². The van der Waals surface area contributed by atoms with Crippen LogP contribution in [-0.4, -0.2) is 27.8 Å². The molecule has 6 heteroatoms. The number of hydrogen-bond donors (Lipinski definition) is 3. The molecule has 1 aromatic heterocycles. The molecule has 0 aliphatic carbocycles. The molecule has 86 valence electrons. The molecule has 1 aromatic rings. The summed E-state index contributed by atoms with van der Waals surface area (Å²) >= 11 is 0. The predicted octanol–water partition coefficient (Wildman–Crippen LogP) is 0.00320. The fourth-order valence-electron chi connectivity index (χ4n) is 1.45. The fraction of sp³-hybridized carbons (Fsp3) is 0.667. The van der Waals surface area contributed by atoms with Crippen molar-refractivity contribution in [2.45, 2.75) is 26.3 Å². The number of imidazole rings is 1. The largest absolute Gasteiger partial charge is 0.342 e. The third kappa shape index (κ3) is 1.97. The minimum Gasteiger partial charge on any atom is -0.342 e. The zero-order valence-electron chi connectivity index (χ0n) is 9.73. The Morgan fingerprint density at radius 3 is 2.53 bits per heavy atom. The summed E-state index contributed by atoms with van der Waals surface area (Å²) in [4.78, 5) is 6.03. The first-order valence-corrected chi connectivity index (χ1v) is 5.12. The average Bonchev–Trinajstić information content (AvgIpc) is 2.61. The van der Waals surface area contributed by atoms with Crippen LogP contribution in [0.1, 0.15) is 25.7 Å².